The van der Waals surface area contributed by atoms with Crippen molar-refractivity contribution in [3.8, 4) is 0 Å². The van der Waals surface area contributed by atoms with Gasteiger partial charge in [-0.2, -0.15) is 4.98 Å². The smallest absolute Gasteiger partial charge is 0.280 e. The molecule has 25 heteroatoms. The van der Waals surface area contributed by atoms with E-state index >= 15 is 0 Å². The van der Waals surface area contributed by atoms with Crippen LogP contribution in [0.3, 0.4) is 0 Å². The van der Waals surface area contributed by atoms with Gasteiger partial charge in [0.05, 0.1) is 31.9 Å². The fourth-order valence-electron chi connectivity index (χ4n) is 5.67. The number of ether oxygens (including phenoxy) is 2. The maximum Gasteiger partial charge on any atom is 0.280 e. The topological polar surface area (TPSA) is 334 Å². The molecule has 4 aliphatic rings. The predicted octanol–water partition coefficient (Wildman–Crippen LogP) is -3.33. The van der Waals surface area contributed by atoms with Crippen molar-refractivity contribution < 1.29 is 56.7 Å². The van der Waals surface area contributed by atoms with Crippen molar-refractivity contribution in [2.45, 2.75) is 62.0 Å². The van der Waals surface area contributed by atoms with Gasteiger partial charge in [-0.1, -0.05) is 0 Å². The highest BCUT2D eigenvalue weighted by atomic mass is 31.2. The first kappa shape index (κ1) is 31.3. The van der Waals surface area contributed by atoms with E-state index in [0.717, 1.165) is 10.9 Å². The van der Waals surface area contributed by atoms with Gasteiger partial charge in [0.2, 0.25) is 5.95 Å². The van der Waals surface area contributed by atoms with Gasteiger partial charge in [-0.25, -0.2) is 15.0 Å². The molecular weight excluding hydrogens is 662 g/mol. The van der Waals surface area contributed by atoms with Crippen LogP contribution < -0.4 is 32.1 Å². The molecule has 0 aromatic carbocycles. The number of nitrogens with two attached hydrogens (primary N) is 2. The van der Waals surface area contributed by atoms with E-state index in [1.165, 1.54) is 10.9 Å². The quantitative estimate of drug-likeness (QED) is 0.143. The standard InChI is InChI=1S/C21H28N10O13P2/c1-6-9-15(27-20(22)26-6)30(4-24-9)18-11(32)13-7(41-18)2-39-46(37,38)44-14-8(3-40-45(35,36)43-13)42-19(12(14)33)31-5-25-10-16(31)28-21(23)29-17(10)34/h4-8,11-14,18-19,32-33H,2-3H2,1H3,(H,35,36)(H,37,38)(H3,22,26,27)(H3,23,28,29,34)/p-2/t6?,7-,8+,11+,12+,13?,14?,18-,19-/m1/s1. The Balaban J connectivity index is 1.16. The van der Waals surface area contributed by atoms with Crippen molar-refractivity contribution in [3.63, 3.8) is 0 Å². The van der Waals surface area contributed by atoms with Crippen LogP contribution in [0.15, 0.2) is 22.4 Å². The number of fused-ring (bicyclic) bond motifs is 4. The van der Waals surface area contributed by atoms with Crippen LogP contribution in [0.25, 0.3) is 11.2 Å². The normalized spacial score (nSPS) is 39.8. The van der Waals surface area contributed by atoms with E-state index in [2.05, 4.69) is 30.2 Å². The first-order valence-electron chi connectivity index (χ1n) is 13.6. The van der Waals surface area contributed by atoms with E-state index in [1.807, 2.05) is 0 Å². The minimum absolute atomic E-state index is 0.0506. The molecule has 3 aromatic heterocycles. The Hall–Kier alpha value is -3.31. The molecule has 0 aliphatic carbocycles. The van der Waals surface area contributed by atoms with Crippen LogP contribution in [-0.2, 0) is 36.7 Å². The van der Waals surface area contributed by atoms with Crippen molar-refractivity contribution in [2.24, 2.45) is 10.7 Å². The Labute approximate surface area is 256 Å². The number of aromatic amines is 1. The van der Waals surface area contributed by atoms with Gasteiger partial charge in [0, 0.05) is 0 Å². The lowest BCUT2D eigenvalue weighted by molar-refractivity contribution is -0.244. The highest BCUT2D eigenvalue weighted by Gasteiger charge is 2.52. The highest BCUT2D eigenvalue weighted by molar-refractivity contribution is 7.46. The molecule has 3 aromatic rings. The molecule has 4 aliphatic heterocycles. The van der Waals surface area contributed by atoms with Crippen molar-refractivity contribution in [1.29, 1.82) is 0 Å². The molecule has 23 nitrogen and oxygen atoms in total. The number of anilines is 2. The molecule has 5 unspecified atom stereocenters. The molecule has 3 saturated heterocycles. The number of hydrogen-bond donors (Lipinski definition) is 6. The molecule has 46 heavy (non-hydrogen) atoms. The number of aliphatic hydroxyl groups is 2. The van der Waals surface area contributed by atoms with E-state index in [-0.39, 0.29) is 23.1 Å². The first-order chi connectivity index (χ1) is 21.7. The zero-order valence-electron chi connectivity index (χ0n) is 23.4. The van der Waals surface area contributed by atoms with Crippen LogP contribution in [0.2, 0.25) is 0 Å². The second-order valence-electron chi connectivity index (χ2n) is 10.7. The number of aromatic nitrogens is 6. The third-order valence-corrected chi connectivity index (χ3v) is 9.64. The van der Waals surface area contributed by atoms with Gasteiger partial charge in [0.1, 0.15) is 48.1 Å². The van der Waals surface area contributed by atoms with Gasteiger partial charge in [0.25, 0.3) is 21.2 Å². The van der Waals surface area contributed by atoms with E-state index in [0.29, 0.717) is 11.5 Å². The summed E-state index contributed by atoms with van der Waals surface area (Å²) in [5.41, 5.74) is 10.9. The Bertz CT molecular complexity index is 1860. The number of nitrogens with one attached hydrogen (secondary N) is 2. The number of hydrogen-bond acceptors (Lipinski definition) is 20. The Morgan fingerprint density at radius 1 is 0.957 bits per heavy atom. The van der Waals surface area contributed by atoms with Crippen molar-refractivity contribution in [3.05, 3.63) is 28.7 Å². The van der Waals surface area contributed by atoms with Gasteiger partial charge in [-0.15, -0.1) is 0 Å². The number of phosphoric ester groups is 2. The average molecular weight is 688 g/mol. The molecular formula is C21H26N10O13P2-2. The fourth-order valence-corrected chi connectivity index (χ4v) is 7.57. The number of phosphoric acid groups is 2. The Kier molecular flexibility index (Phi) is 7.58. The Morgan fingerprint density at radius 2 is 1.52 bits per heavy atom. The molecule has 11 atom stereocenters. The number of aliphatic imine (C=N–C) groups is 1. The molecule has 0 amide bonds. The lowest BCUT2D eigenvalue weighted by Gasteiger charge is -2.34. The number of nitrogen functional groups attached to an aromatic ring is 1. The maximum absolute atomic E-state index is 13.0. The Morgan fingerprint density at radius 3 is 2.13 bits per heavy atom. The first-order valence-corrected chi connectivity index (χ1v) is 16.5. The lowest BCUT2D eigenvalue weighted by atomic mass is 10.1. The zero-order valence-corrected chi connectivity index (χ0v) is 25.2. The number of nitrogens with zero attached hydrogens (tertiary/aromatic N) is 6. The number of rotatable bonds is 2. The maximum atomic E-state index is 13.0. The summed E-state index contributed by atoms with van der Waals surface area (Å²) in [7, 11) is -10.6. The summed E-state index contributed by atoms with van der Waals surface area (Å²) in [5, 5.41) is 25.1. The van der Waals surface area contributed by atoms with Gasteiger partial charge in [0.15, 0.2) is 29.6 Å². The monoisotopic (exact) mass is 688 g/mol. The summed E-state index contributed by atoms with van der Waals surface area (Å²) >= 11 is 0. The molecule has 0 bridgehead atoms. The summed E-state index contributed by atoms with van der Waals surface area (Å²) in [6.45, 7) is -0.0887. The van der Waals surface area contributed by atoms with Gasteiger partial charge in [-0.05, 0) is 6.92 Å². The third kappa shape index (κ3) is 5.43. The molecule has 0 radical (unpaired) electrons. The number of H-pyrrole nitrogens is 1. The number of imidazole rings is 2. The van der Waals surface area contributed by atoms with Crippen LogP contribution >= 0.6 is 15.6 Å². The second-order valence-corrected chi connectivity index (χ2v) is 13.4. The molecule has 8 N–H and O–H groups in total. The summed E-state index contributed by atoms with van der Waals surface area (Å²) in [6.07, 6.45) is -10.7. The summed E-state index contributed by atoms with van der Waals surface area (Å²) in [4.78, 5) is 56.8. The number of aliphatic hydroxyl groups excluding tert-OH is 2. The molecule has 250 valence electrons. The van der Waals surface area contributed by atoms with Crippen molar-refractivity contribution in [2.75, 3.05) is 24.3 Å². The van der Waals surface area contributed by atoms with Gasteiger partial charge < -0.3 is 64.4 Å². The van der Waals surface area contributed by atoms with Crippen molar-refractivity contribution >= 4 is 44.5 Å². The minimum atomic E-state index is -5.32. The fraction of sp³-hybridized carbons (Fsp3) is 0.571. The molecule has 7 rings (SSSR count). The third-order valence-electron chi connectivity index (χ3n) is 7.71. The van der Waals surface area contributed by atoms with Gasteiger partial charge >= 0.3 is 0 Å². The molecule has 3 fully saturated rings. The average Bonchev–Trinajstić information content (AvgIpc) is 3.72. The molecule has 0 saturated carbocycles. The summed E-state index contributed by atoms with van der Waals surface area (Å²) in [5.74, 6) is 0.0617. The number of guanidine groups is 1. The van der Waals surface area contributed by atoms with Crippen LogP contribution in [0.1, 0.15) is 31.1 Å². The van der Waals surface area contributed by atoms with Gasteiger partial charge in [-0.3, -0.25) is 28.0 Å². The summed E-state index contributed by atoms with van der Waals surface area (Å²) in [6, 6.07) is -0.455. The molecule has 0 spiro atoms. The van der Waals surface area contributed by atoms with E-state index in [1.54, 1.807) is 6.92 Å². The van der Waals surface area contributed by atoms with Crippen LogP contribution in [0.4, 0.5) is 11.8 Å². The largest absolute Gasteiger partial charge is 0.756 e. The van der Waals surface area contributed by atoms with Crippen LogP contribution in [0.5, 0.6) is 0 Å². The lowest BCUT2D eigenvalue weighted by Crippen LogP contribution is -2.41. The van der Waals surface area contributed by atoms with Crippen LogP contribution in [-0.4, -0.2) is 95.1 Å². The minimum Gasteiger partial charge on any atom is -0.756 e. The molecule has 7 heterocycles. The highest BCUT2D eigenvalue weighted by Crippen LogP contribution is 2.51. The SMILES string of the molecule is CC1N=C(N)Nc2c1ncn2[C@@H]1O[C@@H]2COP(=O)([O-])OC3[C@H](COP(=O)([O-])OC2[C@@H]1O)O[C@@H](n1cnc2c(=O)[nH]c(N)nc21)[C@H]3O. The van der Waals surface area contributed by atoms with Crippen molar-refractivity contribution in [1.82, 2.24) is 29.1 Å². The second kappa shape index (κ2) is 11.1. The van der Waals surface area contributed by atoms with E-state index in [9.17, 15) is 33.9 Å². The summed E-state index contributed by atoms with van der Waals surface area (Å²) < 4.78 is 60.3. The van der Waals surface area contributed by atoms with E-state index in [4.69, 9.17) is 39.0 Å². The van der Waals surface area contributed by atoms with Crippen LogP contribution in [0, 0.1) is 0 Å². The predicted molar refractivity (Wildman–Crippen MR) is 145 cm³/mol. The zero-order chi connectivity index (χ0) is 32.7. The van der Waals surface area contributed by atoms with E-state index < -0.39 is 89.5 Å².